The Hall–Kier alpha value is -2.35. The minimum absolute atomic E-state index is 0.220. The third-order valence-electron chi connectivity index (χ3n) is 5.61. The lowest BCUT2D eigenvalue weighted by Crippen LogP contribution is -2.47. The van der Waals surface area contributed by atoms with Gasteiger partial charge in [0.25, 0.3) is 0 Å². The molecule has 0 N–H and O–H groups in total. The van der Waals surface area contributed by atoms with E-state index in [-0.39, 0.29) is 6.04 Å². The zero-order valence-corrected chi connectivity index (χ0v) is 19.7. The topological polar surface area (TPSA) is 38.5 Å². The molecule has 1 fully saturated rings. The number of ether oxygens (including phenoxy) is 1. The Morgan fingerprint density at radius 2 is 1.77 bits per heavy atom. The summed E-state index contributed by atoms with van der Waals surface area (Å²) < 4.78 is 10.1. The third kappa shape index (κ3) is 4.79. The van der Waals surface area contributed by atoms with Crippen molar-refractivity contribution in [1.82, 2.24) is 19.2 Å². The quantitative estimate of drug-likeness (QED) is 0.481. The first-order chi connectivity index (χ1) is 15.0. The van der Waals surface area contributed by atoms with Crippen LogP contribution in [0.4, 0.5) is 5.69 Å². The molecule has 1 saturated heterocycles. The Labute approximate surface area is 193 Å². The van der Waals surface area contributed by atoms with E-state index in [4.69, 9.17) is 33.7 Å². The van der Waals surface area contributed by atoms with Crippen molar-refractivity contribution >= 4 is 29.5 Å². The van der Waals surface area contributed by atoms with Gasteiger partial charge in [-0.3, -0.25) is 9.47 Å². The monoisotopic (exact) mass is 457 g/mol. The molecular formula is C23H28ClN5OS. The van der Waals surface area contributed by atoms with E-state index in [0.29, 0.717) is 6.67 Å². The standard InChI is InChI=1S/C23H28ClN5OS/c1-17(2)29-22(18-7-9-21(30-3)10-8-18)25-28(23(29)31)16-26-11-13-27(14-12-26)20-6-4-5-19(24)15-20/h4-10,15,17H,11-14,16H2,1-3H3. The van der Waals surface area contributed by atoms with Crippen LogP contribution < -0.4 is 9.64 Å². The van der Waals surface area contributed by atoms with Gasteiger partial charge in [-0.2, -0.15) is 5.10 Å². The van der Waals surface area contributed by atoms with Gasteiger partial charge in [0.1, 0.15) is 5.75 Å². The van der Waals surface area contributed by atoms with Crippen LogP contribution in [0.3, 0.4) is 0 Å². The summed E-state index contributed by atoms with van der Waals surface area (Å²) in [5.74, 6) is 1.72. The molecule has 164 valence electrons. The van der Waals surface area contributed by atoms with Crippen LogP contribution in [0.15, 0.2) is 48.5 Å². The molecule has 0 radical (unpaired) electrons. The van der Waals surface area contributed by atoms with Crippen molar-refractivity contribution in [3.05, 3.63) is 58.3 Å². The Bertz CT molecular complexity index is 1080. The molecule has 1 aromatic heterocycles. The van der Waals surface area contributed by atoms with E-state index < -0.39 is 0 Å². The van der Waals surface area contributed by atoms with Crippen LogP contribution in [0.5, 0.6) is 5.75 Å². The molecule has 1 aliphatic heterocycles. The number of aromatic nitrogens is 3. The molecule has 4 rings (SSSR count). The van der Waals surface area contributed by atoms with Crippen molar-refractivity contribution in [2.45, 2.75) is 26.6 Å². The molecule has 3 aromatic rings. The molecule has 1 aliphatic rings. The number of halogens is 1. The average Bonchev–Trinajstić information content (AvgIpc) is 3.10. The lowest BCUT2D eigenvalue weighted by Gasteiger charge is -2.35. The summed E-state index contributed by atoms with van der Waals surface area (Å²) in [5, 5.41) is 5.68. The van der Waals surface area contributed by atoms with Gasteiger partial charge < -0.3 is 9.64 Å². The normalized spacial score (nSPS) is 14.9. The summed E-state index contributed by atoms with van der Waals surface area (Å²) in [6, 6.07) is 16.2. The van der Waals surface area contributed by atoms with Crippen LogP contribution in [-0.4, -0.2) is 52.5 Å². The van der Waals surface area contributed by atoms with E-state index in [2.05, 4.69) is 34.3 Å². The van der Waals surface area contributed by atoms with Gasteiger partial charge in [-0.25, -0.2) is 4.68 Å². The van der Waals surface area contributed by atoms with Gasteiger partial charge in [-0.1, -0.05) is 17.7 Å². The molecule has 2 aromatic carbocycles. The first kappa shape index (κ1) is 21.9. The molecule has 2 heterocycles. The predicted molar refractivity (Wildman–Crippen MR) is 129 cm³/mol. The lowest BCUT2D eigenvalue weighted by atomic mass is 10.2. The zero-order chi connectivity index (χ0) is 22.0. The van der Waals surface area contributed by atoms with Crippen molar-refractivity contribution in [3.63, 3.8) is 0 Å². The number of rotatable bonds is 6. The van der Waals surface area contributed by atoms with Crippen LogP contribution in [0.1, 0.15) is 19.9 Å². The van der Waals surface area contributed by atoms with Crippen LogP contribution in [0.2, 0.25) is 5.02 Å². The van der Waals surface area contributed by atoms with Crippen LogP contribution >= 0.6 is 23.8 Å². The Morgan fingerprint density at radius 3 is 2.39 bits per heavy atom. The summed E-state index contributed by atoms with van der Waals surface area (Å²) in [6.07, 6.45) is 0. The molecule has 31 heavy (non-hydrogen) atoms. The predicted octanol–water partition coefficient (Wildman–Crippen LogP) is 5.10. The maximum Gasteiger partial charge on any atom is 0.199 e. The summed E-state index contributed by atoms with van der Waals surface area (Å²) >= 11 is 12.0. The molecule has 6 nitrogen and oxygen atoms in total. The average molecular weight is 458 g/mol. The highest BCUT2D eigenvalue weighted by atomic mass is 35.5. The minimum atomic E-state index is 0.220. The molecule has 0 spiro atoms. The molecule has 0 aliphatic carbocycles. The lowest BCUT2D eigenvalue weighted by molar-refractivity contribution is 0.194. The highest BCUT2D eigenvalue weighted by Gasteiger charge is 2.21. The second-order valence-electron chi connectivity index (χ2n) is 8.02. The van der Waals surface area contributed by atoms with Crippen LogP contribution in [-0.2, 0) is 6.67 Å². The zero-order valence-electron chi connectivity index (χ0n) is 18.2. The van der Waals surface area contributed by atoms with Gasteiger partial charge >= 0.3 is 0 Å². The summed E-state index contributed by atoms with van der Waals surface area (Å²) in [7, 11) is 1.67. The van der Waals surface area contributed by atoms with Crippen molar-refractivity contribution < 1.29 is 4.74 Å². The maximum atomic E-state index is 6.16. The number of methoxy groups -OCH3 is 1. The summed E-state index contributed by atoms with van der Waals surface area (Å²) in [6.45, 7) is 8.75. The first-order valence-corrected chi connectivity index (χ1v) is 11.3. The fourth-order valence-corrected chi connectivity index (χ4v) is 4.50. The van der Waals surface area contributed by atoms with Crippen molar-refractivity contribution in [1.29, 1.82) is 0 Å². The molecule has 0 atom stereocenters. The van der Waals surface area contributed by atoms with Gasteiger partial charge in [0.15, 0.2) is 10.6 Å². The van der Waals surface area contributed by atoms with Crippen LogP contribution in [0, 0.1) is 4.77 Å². The molecule has 0 unspecified atom stereocenters. The second-order valence-corrected chi connectivity index (χ2v) is 8.83. The van der Waals surface area contributed by atoms with E-state index in [1.807, 2.05) is 47.1 Å². The van der Waals surface area contributed by atoms with Crippen molar-refractivity contribution in [2.24, 2.45) is 0 Å². The van der Waals surface area contributed by atoms with Crippen molar-refractivity contribution in [3.8, 4) is 17.1 Å². The van der Waals surface area contributed by atoms with E-state index in [9.17, 15) is 0 Å². The Kier molecular flexibility index (Phi) is 6.65. The minimum Gasteiger partial charge on any atom is -0.497 e. The molecule has 0 bridgehead atoms. The SMILES string of the molecule is COc1ccc(-c2nn(CN3CCN(c4cccc(Cl)c4)CC3)c(=S)n2C(C)C)cc1. The Balaban J connectivity index is 1.51. The Morgan fingerprint density at radius 1 is 1.06 bits per heavy atom. The fourth-order valence-electron chi connectivity index (χ4n) is 3.92. The van der Waals surface area contributed by atoms with Gasteiger partial charge in [0, 0.05) is 48.5 Å². The smallest absolute Gasteiger partial charge is 0.199 e. The molecule has 0 amide bonds. The largest absolute Gasteiger partial charge is 0.497 e. The third-order valence-corrected chi connectivity index (χ3v) is 6.26. The van der Waals surface area contributed by atoms with E-state index >= 15 is 0 Å². The molecule has 8 heteroatoms. The highest BCUT2D eigenvalue weighted by Crippen LogP contribution is 2.25. The summed E-state index contributed by atoms with van der Waals surface area (Å²) in [5.41, 5.74) is 2.21. The van der Waals surface area contributed by atoms with E-state index in [1.54, 1.807) is 7.11 Å². The molecule has 0 saturated carbocycles. The van der Waals surface area contributed by atoms with Crippen molar-refractivity contribution in [2.75, 3.05) is 38.2 Å². The number of benzene rings is 2. The molecular weight excluding hydrogens is 430 g/mol. The number of hydrogen-bond acceptors (Lipinski definition) is 5. The second kappa shape index (κ2) is 9.42. The van der Waals surface area contributed by atoms with Crippen LogP contribution in [0.25, 0.3) is 11.4 Å². The van der Waals surface area contributed by atoms with E-state index in [1.165, 1.54) is 5.69 Å². The number of piperazine rings is 1. The van der Waals surface area contributed by atoms with E-state index in [0.717, 1.165) is 53.1 Å². The maximum absolute atomic E-state index is 6.16. The first-order valence-electron chi connectivity index (χ1n) is 10.5. The van der Waals surface area contributed by atoms with Gasteiger partial charge in [0.2, 0.25) is 0 Å². The summed E-state index contributed by atoms with van der Waals surface area (Å²) in [4.78, 5) is 4.77. The number of hydrogen-bond donors (Lipinski definition) is 0. The van der Waals surface area contributed by atoms with Gasteiger partial charge in [0.05, 0.1) is 13.8 Å². The van der Waals surface area contributed by atoms with Gasteiger partial charge in [-0.05, 0) is 68.5 Å². The number of anilines is 1. The fraction of sp³-hybridized carbons (Fsp3) is 0.391. The van der Waals surface area contributed by atoms with Gasteiger partial charge in [-0.15, -0.1) is 0 Å². The highest BCUT2D eigenvalue weighted by molar-refractivity contribution is 7.71. The number of nitrogens with zero attached hydrogens (tertiary/aromatic N) is 5.